The SMILES string of the molecule is N#Cc1ccc(NC(=O)C(CN)c2ccccc2)cc1Cl. The van der Waals surface area contributed by atoms with E-state index in [-0.39, 0.29) is 12.5 Å². The molecule has 106 valence electrons. The van der Waals surface area contributed by atoms with Crippen LogP contribution in [0.5, 0.6) is 0 Å². The fourth-order valence-corrected chi connectivity index (χ4v) is 2.22. The Bertz CT molecular complexity index is 680. The maximum absolute atomic E-state index is 12.3. The van der Waals surface area contributed by atoms with Gasteiger partial charge in [0.15, 0.2) is 0 Å². The maximum Gasteiger partial charge on any atom is 0.233 e. The zero-order valence-electron chi connectivity index (χ0n) is 11.2. The van der Waals surface area contributed by atoms with Gasteiger partial charge in [-0.25, -0.2) is 0 Å². The lowest BCUT2D eigenvalue weighted by Crippen LogP contribution is -2.27. The molecular weight excluding hydrogens is 286 g/mol. The highest BCUT2D eigenvalue weighted by molar-refractivity contribution is 6.32. The van der Waals surface area contributed by atoms with Crippen molar-refractivity contribution < 1.29 is 4.79 Å². The molecule has 1 unspecified atom stereocenters. The molecule has 3 N–H and O–H groups in total. The van der Waals surface area contributed by atoms with Crippen LogP contribution in [-0.4, -0.2) is 12.5 Å². The van der Waals surface area contributed by atoms with E-state index in [1.807, 2.05) is 36.4 Å². The molecule has 2 rings (SSSR count). The second-order valence-electron chi connectivity index (χ2n) is 4.49. The topological polar surface area (TPSA) is 78.9 Å². The molecule has 0 heterocycles. The van der Waals surface area contributed by atoms with Gasteiger partial charge in [-0.3, -0.25) is 4.79 Å². The lowest BCUT2D eigenvalue weighted by atomic mass is 9.98. The van der Waals surface area contributed by atoms with E-state index in [0.29, 0.717) is 16.3 Å². The van der Waals surface area contributed by atoms with E-state index in [1.54, 1.807) is 18.2 Å². The number of hydrogen-bond acceptors (Lipinski definition) is 3. The number of amides is 1. The van der Waals surface area contributed by atoms with Gasteiger partial charge in [0.1, 0.15) is 6.07 Å². The van der Waals surface area contributed by atoms with E-state index in [2.05, 4.69) is 5.32 Å². The summed E-state index contributed by atoms with van der Waals surface area (Å²) in [5.74, 6) is -0.634. The normalized spacial score (nSPS) is 11.5. The molecule has 1 atom stereocenters. The monoisotopic (exact) mass is 299 g/mol. The number of carbonyl (C=O) groups excluding carboxylic acids is 1. The predicted molar refractivity (Wildman–Crippen MR) is 83.0 cm³/mol. The first-order chi connectivity index (χ1) is 10.2. The van der Waals surface area contributed by atoms with Crippen LogP contribution in [0.1, 0.15) is 17.0 Å². The minimum atomic E-state index is -0.430. The minimum Gasteiger partial charge on any atom is -0.329 e. The summed E-state index contributed by atoms with van der Waals surface area (Å²) in [5.41, 5.74) is 7.47. The van der Waals surface area contributed by atoms with Crippen LogP contribution in [0.2, 0.25) is 5.02 Å². The van der Waals surface area contributed by atoms with Gasteiger partial charge in [0.2, 0.25) is 5.91 Å². The van der Waals surface area contributed by atoms with Gasteiger partial charge in [0.25, 0.3) is 0 Å². The highest BCUT2D eigenvalue weighted by Crippen LogP contribution is 2.22. The summed E-state index contributed by atoms with van der Waals surface area (Å²) in [6, 6.07) is 16.1. The first-order valence-electron chi connectivity index (χ1n) is 6.41. The average molecular weight is 300 g/mol. The Balaban J connectivity index is 2.17. The molecule has 0 spiro atoms. The highest BCUT2D eigenvalue weighted by Gasteiger charge is 2.19. The van der Waals surface area contributed by atoms with Crippen LogP contribution < -0.4 is 11.1 Å². The lowest BCUT2D eigenvalue weighted by molar-refractivity contribution is -0.117. The predicted octanol–water partition coefficient (Wildman–Crippen LogP) is 2.89. The van der Waals surface area contributed by atoms with Crippen molar-refractivity contribution in [2.45, 2.75) is 5.92 Å². The van der Waals surface area contributed by atoms with Crippen LogP contribution in [0.15, 0.2) is 48.5 Å². The maximum atomic E-state index is 12.3. The van der Waals surface area contributed by atoms with E-state index < -0.39 is 5.92 Å². The van der Waals surface area contributed by atoms with E-state index in [1.165, 1.54) is 0 Å². The van der Waals surface area contributed by atoms with Crippen LogP contribution >= 0.6 is 11.6 Å². The Labute approximate surface area is 128 Å². The van der Waals surface area contributed by atoms with Crippen molar-refractivity contribution in [1.29, 1.82) is 5.26 Å². The van der Waals surface area contributed by atoms with Crippen LogP contribution in [0, 0.1) is 11.3 Å². The molecule has 0 bridgehead atoms. The molecule has 0 aliphatic rings. The number of anilines is 1. The third kappa shape index (κ3) is 3.60. The summed E-state index contributed by atoms with van der Waals surface area (Å²) in [6.45, 7) is 0.208. The van der Waals surface area contributed by atoms with Crippen LogP contribution in [0.25, 0.3) is 0 Å². The molecule has 0 aliphatic carbocycles. The van der Waals surface area contributed by atoms with Gasteiger partial charge in [-0.1, -0.05) is 41.9 Å². The van der Waals surface area contributed by atoms with Crippen LogP contribution in [0.3, 0.4) is 0 Å². The van der Waals surface area contributed by atoms with Crippen molar-refractivity contribution >= 4 is 23.2 Å². The van der Waals surface area contributed by atoms with E-state index >= 15 is 0 Å². The quantitative estimate of drug-likeness (QED) is 0.911. The minimum absolute atomic E-state index is 0.204. The number of nitrogens with two attached hydrogens (primary N) is 1. The van der Waals surface area contributed by atoms with Gasteiger partial charge in [-0.2, -0.15) is 5.26 Å². The van der Waals surface area contributed by atoms with Crippen molar-refractivity contribution in [3.05, 3.63) is 64.7 Å². The molecule has 4 nitrogen and oxygen atoms in total. The standard InChI is InChI=1S/C16H14ClN3O/c17-15-8-13(7-6-12(15)9-18)20-16(21)14(10-19)11-4-2-1-3-5-11/h1-8,14H,10,19H2,(H,20,21). The Morgan fingerprint density at radius 3 is 2.57 bits per heavy atom. The third-order valence-electron chi connectivity index (χ3n) is 3.11. The molecule has 0 saturated carbocycles. The molecule has 0 aromatic heterocycles. The number of benzene rings is 2. The lowest BCUT2D eigenvalue weighted by Gasteiger charge is -2.15. The molecule has 0 aliphatic heterocycles. The number of rotatable bonds is 4. The summed E-state index contributed by atoms with van der Waals surface area (Å²) < 4.78 is 0. The van der Waals surface area contributed by atoms with Gasteiger partial charge in [-0.05, 0) is 23.8 Å². The summed E-state index contributed by atoms with van der Waals surface area (Å²) in [4.78, 5) is 12.3. The Hall–Kier alpha value is -2.35. The number of hydrogen-bond donors (Lipinski definition) is 2. The first-order valence-corrected chi connectivity index (χ1v) is 6.79. The second-order valence-corrected chi connectivity index (χ2v) is 4.90. The largest absolute Gasteiger partial charge is 0.329 e. The summed E-state index contributed by atoms with van der Waals surface area (Å²) in [5, 5.41) is 11.9. The van der Waals surface area contributed by atoms with Gasteiger partial charge >= 0.3 is 0 Å². The van der Waals surface area contributed by atoms with Gasteiger partial charge in [-0.15, -0.1) is 0 Å². The molecular formula is C16H14ClN3O. The molecule has 0 radical (unpaired) electrons. The molecule has 0 saturated heterocycles. The van der Waals surface area contributed by atoms with Gasteiger partial charge < -0.3 is 11.1 Å². The number of nitrogens with zero attached hydrogens (tertiary/aromatic N) is 1. The third-order valence-corrected chi connectivity index (χ3v) is 3.42. The fourth-order valence-electron chi connectivity index (χ4n) is 1.99. The molecule has 0 fully saturated rings. The zero-order valence-corrected chi connectivity index (χ0v) is 12.0. The van der Waals surface area contributed by atoms with Crippen molar-refractivity contribution in [2.75, 3.05) is 11.9 Å². The summed E-state index contributed by atoms with van der Waals surface area (Å²) in [6.07, 6.45) is 0. The van der Waals surface area contributed by atoms with Crippen LogP contribution in [-0.2, 0) is 4.79 Å². The smallest absolute Gasteiger partial charge is 0.233 e. The number of carbonyl (C=O) groups is 1. The van der Waals surface area contributed by atoms with Gasteiger partial charge in [0.05, 0.1) is 16.5 Å². The summed E-state index contributed by atoms with van der Waals surface area (Å²) >= 11 is 5.94. The van der Waals surface area contributed by atoms with Crippen molar-refractivity contribution in [2.24, 2.45) is 5.73 Å². The van der Waals surface area contributed by atoms with Gasteiger partial charge in [0, 0.05) is 12.2 Å². The highest BCUT2D eigenvalue weighted by atomic mass is 35.5. The molecule has 21 heavy (non-hydrogen) atoms. The van der Waals surface area contributed by atoms with Crippen molar-refractivity contribution in [1.82, 2.24) is 0 Å². The average Bonchev–Trinajstić information content (AvgIpc) is 2.49. The number of nitriles is 1. The molecule has 1 amide bonds. The molecule has 5 heteroatoms. The Morgan fingerprint density at radius 1 is 1.29 bits per heavy atom. The molecule has 2 aromatic rings. The van der Waals surface area contributed by atoms with Crippen LogP contribution in [0.4, 0.5) is 5.69 Å². The van der Waals surface area contributed by atoms with E-state index in [4.69, 9.17) is 22.6 Å². The van der Waals surface area contributed by atoms with E-state index in [0.717, 1.165) is 5.56 Å². The zero-order chi connectivity index (χ0) is 15.2. The number of halogens is 1. The first kappa shape index (κ1) is 15.0. The second kappa shape index (κ2) is 6.89. The van der Waals surface area contributed by atoms with E-state index in [9.17, 15) is 4.79 Å². The summed E-state index contributed by atoms with van der Waals surface area (Å²) in [7, 11) is 0. The number of nitrogens with one attached hydrogen (secondary N) is 1. The van der Waals surface area contributed by atoms with Crippen molar-refractivity contribution in [3.63, 3.8) is 0 Å². The molecule has 2 aromatic carbocycles. The Morgan fingerprint density at radius 2 is 2.00 bits per heavy atom. The fraction of sp³-hybridized carbons (Fsp3) is 0.125. The Kier molecular flexibility index (Phi) is 4.94. The van der Waals surface area contributed by atoms with Crippen molar-refractivity contribution in [3.8, 4) is 6.07 Å².